The third-order valence-corrected chi connectivity index (χ3v) is 5.48. The molecule has 154 valence electrons. The predicted molar refractivity (Wildman–Crippen MR) is 112 cm³/mol. The van der Waals surface area contributed by atoms with Gasteiger partial charge in [-0.1, -0.05) is 17.7 Å². The van der Waals surface area contributed by atoms with Gasteiger partial charge in [0.2, 0.25) is 5.60 Å². The molecule has 1 aromatic heterocycles. The minimum Gasteiger partial charge on any atom is -0.373 e. The highest BCUT2D eigenvalue weighted by molar-refractivity contribution is 6.30. The van der Waals surface area contributed by atoms with Crippen molar-refractivity contribution >= 4 is 45.6 Å². The quantitative estimate of drug-likeness (QED) is 0.445. The van der Waals surface area contributed by atoms with Crippen LogP contribution in [-0.2, 0) is 16.1 Å². The average Bonchev–Trinajstić information content (AvgIpc) is 3.38. The first-order chi connectivity index (χ1) is 14.3. The summed E-state index contributed by atoms with van der Waals surface area (Å²) in [6.07, 6.45) is 1.63. The van der Waals surface area contributed by atoms with Gasteiger partial charge in [0, 0.05) is 36.1 Å². The second kappa shape index (κ2) is 7.66. The number of hydrogen-bond acceptors (Lipinski definition) is 5. The molecule has 0 radical (unpaired) electrons. The maximum absolute atomic E-state index is 13.5. The molecule has 1 aliphatic rings. The monoisotopic (exact) mass is 427 g/mol. The van der Waals surface area contributed by atoms with E-state index in [-0.39, 0.29) is 18.0 Å². The van der Waals surface area contributed by atoms with Gasteiger partial charge in [-0.2, -0.15) is 0 Å². The fourth-order valence-corrected chi connectivity index (χ4v) is 3.73. The Morgan fingerprint density at radius 3 is 2.73 bits per heavy atom. The number of nitrogens with one attached hydrogen (secondary N) is 1. The Morgan fingerprint density at radius 2 is 2.00 bits per heavy atom. The van der Waals surface area contributed by atoms with Crippen molar-refractivity contribution in [2.24, 2.45) is 0 Å². The van der Waals surface area contributed by atoms with Crippen molar-refractivity contribution in [3.63, 3.8) is 0 Å². The highest BCUT2D eigenvalue weighted by Gasteiger charge is 2.42. The number of benzene rings is 2. The molecule has 1 aliphatic heterocycles. The standard InChI is InChI=1S/C22H19ClFN3O3/c1-13(28)22(30,21(29)26-12-14-7-16(23)10-17(24)8-14)4-6-27-19-9-15-3-2-5-25-18(15)11-20(19)27/h2-3,5,7-11,30H,4,6,12H2,1H3,(H,26,29)/t22-,27?/m1/s1. The first kappa shape index (κ1) is 20.3. The maximum Gasteiger partial charge on any atom is 0.260 e. The van der Waals surface area contributed by atoms with Gasteiger partial charge >= 0.3 is 0 Å². The second-order valence-corrected chi connectivity index (χ2v) is 7.75. The summed E-state index contributed by atoms with van der Waals surface area (Å²) < 4.78 is 13.5. The van der Waals surface area contributed by atoms with Crippen LogP contribution in [0.5, 0.6) is 0 Å². The minimum absolute atomic E-state index is 0.0626. The van der Waals surface area contributed by atoms with Crippen LogP contribution >= 0.6 is 11.6 Å². The zero-order valence-electron chi connectivity index (χ0n) is 16.2. The smallest absolute Gasteiger partial charge is 0.260 e. The van der Waals surface area contributed by atoms with Gasteiger partial charge in [0.1, 0.15) is 5.82 Å². The molecule has 0 unspecified atom stereocenters. The Bertz CT molecular complexity index is 1110. The molecule has 0 bridgehead atoms. The zero-order chi connectivity index (χ0) is 21.5. The SMILES string of the molecule is CC(=O)[C@](O)(CCN1c2cc3cccnc3cc21)C(=O)NCc1cc(F)cc(Cl)c1. The number of amides is 1. The van der Waals surface area contributed by atoms with Gasteiger partial charge < -0.3 is 15.3 Å². The van der Waals surface area contributed by atoms with E-state index in [0.29, 0.717) is 12.1 Å². The summed E-state index contributed by atoms with van der Waals surface area (Å²) in [5, 5.41) is 14.5. The summed E-state index contributed by atoms with van der Waals surface area (Å²) in [5.41, 5.74) is 1.04. The van der Waals surface area contributed by atoms with Crippen LogP contribution in [0.4, 0.5) is 15.8 Å². The van der Waals surface area contributed by atoms with Crippen molar-refractivity contribution in [1.82, 2.24) is 10.3 Å². The molecule has 2 aromatic carbocycles. The van der Waals surface area contributed by atoms with Crippen LogP contribution in [-0.4, -0.2) is 33.9 Å². The number of nitrogens with zero attached hydrogens (tertiary/aromatic N) is 2. The Balaban J connectivity index is 1.42. The Morgan fingerprint density at radius 1 is 1.23 bits per heavy atom. The average molecular weight is 428 g/mol. The molecule has 0 fully saturated rings. The number of aromatic nitrogens is 1. The normalized spacial score (nSPS) is 14.2. The Kier molecular flexibility index (Phi) is 5.17. The number of anilines is 2. The zero-order valence-corrected chi connectivity index (χ0v) is 16.9. The lowest BCUT2D eigenvalue weighted by atomic mass is 9.93. The molecule has 2 heterocycles. The lowest BCUT2D eigenvalue weighted by Crippen LogP contribution is -2.52. The van der Waals surface area contributed by atoms with Crippen LogP contribution in [0.15, 0.2) is 48.7 Å². The molecule has 1 amide bonds. The van der Waals surface area contributed by atoms with E-state index < -0.39 is 23.1 Å². The van der Waals surface area contributed by atoms with Gasteiger partial charge in [0.25, 0.3) is 5.91 Å². The van der Waals surface area contributed by atoms with E-state index in [0.717, 1.165) is 28.3 Å². The fraction of sp³-hybridized carbons (Fsp3) is 0.227. The molecule has 1 atom stereocenters. The number of ketones is 1. The highest BCUT2D eigenvalue weighted by atomic mass is 35.5. The van der Waals surface area contributed by atoms with Gasteiger partial charge in [-0.3, -0.25) is 14.6 Å². The lowest BCUT2D eigenvalue weighted by molar-refractivity contribution is -0.151. The fourth-order valence-electron chi connectivity index (χ4n) is 3.49. The molecule has 8 heteroatoms. The second-order valence-electron chi connectivity index (χ2n) is 7.32. The number of fused-ring (bicyclic) bond motifs is 2. The van der Waals surface area contributed by atoms with Crippen molar-refractivity contribution in [1.29, 1.82) is 0 Å². The summed E-state index contributed by atoms with van der Waals surface area (Å²) in [7, 11) is 0. The van der Waals surface area contributed by atoms with Crippen LogP contribution in [0.1, 0.15) is 18.9 Å². The van der Waals surface area contributed by atoms with Crippen LogP contribution in [0, 0.1) is 5.82 Å². The molecule has 0 saturated heterocycles. The van der Waals surface area contributed by atoms with E-state index in [1.807, 2.05) is 29.2 Å². The van der Waals surface area contributed by atoms with E-state index in [9.17, 15) is 19.1 Å². The Hall–Kier alpha value is -3.03. The lowest BCUT2D eigenvalue weighted by Gasteiger charge is -2.24. The van der Waals surface area contributed by atoms with Gasteiger partial charge in [0.15, 0.2) is 5.78 Å². The first-order valence-electron chi connectivity index (χ1n) is 9.41. The first-order valence-corrected chi connectivity index (χ1v) is 9.79. The van der Waals surface area contributed by atoms with E-state index in [2.05, 4.69) is 10.3 Å². The number of Topliss-reactive ketones (excluding diaryl/α,β-unsaturated/α-hetero) is 1. The van der Waals surface area contributed by atoms with E-state index in [1.165, 1.54) is 19.1 Å². The number of carbonyl (C=O) groups excluding carboxylic acids is 2. The third-order valence-electron chi connectivity index (χ3n) is 5.26. The number of carbonyl (C=O) groups is 2. The molecule has 30 heavy (non-hydrogen) atoms. The molecule has 0 saturated carbocycles. The molecule has 3 aromatic rings. The molecular weight excluding hydrogens is 409 g/mol. The molecule has 6 nitrogen and oxygen atoms in total. The highest BCUT2D eigenvalue weighted by Crippen LogP contribution is 2.49. The predicted octanol–water partition coefficient (Wildman–Crippen LogP) is 3.51. The van der Waals surface area contributed by atoms with Crippen LogP contribution < -0.4 is 10.2 Å². The molecule has 0 spiro atoms. The van der Waals surface area contributed by atoms with E-state index in [1.54, 1.807) is 6.20 Å². The Labute approximate surface area is 177 Å². The van der Waals surface area contributed by atoms with Crippen LogP contribution in [0.2, 0.25) is 5.02 Å². The van der Waals surface area contributed by atoms with Gasteiger partial charge in [-0.25, -0.2) is 4.39 Å². The van der Waals surface area contributed by atoms with Crippen molar-refractivity contribution in [2.45, 2.75) is 25.5 Å². The molecule has 4 rings (SSSR count). The minimum atomic E-state index is -2.19. The number of aliphatic hydroxyl groups is 1. The van der Waals surface area contributed by atoms with E-state index in [4.69, 9.17) is 11.6 Å². The third kappa shape index (κ3) is 3.86. The van der Waals surface area contributed by atoms with Crippen LogP contribution in [0.25, 0.3) is 10.9 Å². The van der Waals surface area contributed by atoms with Gasteiger partial charge in [-0.05, 0) is 48.9 Å². The topological polar surface area (TPSA) is 82.3 Å². The maximum atomic E-state index is 13.5. The van der Waals surface area contributed by atoms with Gasteiger partial charge in [-0.15, -0.1) is 0 Å². The van der Waals surface area contributed by atoms with E-state index >= 15 is 0 Å². The van der Waals surface area contributed by atoms with Crippen LogP contribution in [0.3, 0.4) is 0 Å². The molecular formula is C22H19ClFN3O3. The summed E-state index contributed by atoms with van der Waals surface area (Å²) in [5.74, 6) is -2.02. The molecule has 2 N–H and O–H groups in total. The summed E-state index contributed by atoms with van der Waals surface area (Å²) >= 11 is 5.81. The number of hydrogen-bond donors (Lipinski definition) is 2. The van der Waals surface area contributed by atoms with Gasteiger partial charge in [0.05, 0.1) is 16.9 Å². The number of halogens is 2. The van der Waals surface area contributed by atoms with Crippen molar-refractivity contribution in [2.75, 3.05) is 11.4 Å². The summed E-state index contributed by atoms with van der Waals surface area (Å²) in [4.78, 5) is 30.9. The summed E-state index contributed by atoms with van der Waals surface area (Å²) in [6, 6.07) is 11.6. The number of pyridine rings is 1. The van der Waals surface area contributed by atoms with Crippen molar-refractivity contribution < 1.29 is 19.1 Å². The van der Waals surface area contributed by atoms with Crippen molar-refractivity contribution in [3.8, 4) is 0 Å². The summed E-state index contributed by atoms with van der Waals surface area (Å²) in [6.45, 7) is 1.40. The molecule has 0 aliphatic carbocycles. The van der Waals surface area contributed by atoms with Crippen molar-refractivity contribution in [3.05, 3.63) is 65.1 Å². The largest absolute Gasteiger partial charge is 0.373 e. The number of rotatable bonds is 7.